The lowest BCUT2D eigenvalue weighted by molar-refractivity contribution is 0.0466. The van der Waals surface area contributed by atoms with Gasteiger partial charge in [-0.2, -0.15) is 0 Å². The first-order valence-corrected chi connectivity index (χ1v) is 8.80. The average molecular weight is 415 g/mol. The maximum absolute atomic E-state index is 14.5. The average Bonchev–Trinajstić information content (AvgIpc) is 2.69. The minimum atomic E-state index is -0.636. The van der Waals surface area contributed by atoms with Crippen LogP contribution in [-0.4, -0.2) is 5.97 Å². The van der Waals surface area contributed by atoms with Crippen LogP contribution in [-0.2, 0) is 18.0 Å². The van der Waals surface area contributed by atoms with E-state index in [9.17, 15) is 9.18 Å². The zero-order valence-electron chi connectivity index (χ0n) is 13.8. The molecule has 0 aliphatic rings. The molecule has 0 atom stereocenters. The Morgan fingerprint density at radius 2 is 1.42 bits per heavy atom. The molecule has 0 heterocycles. The van der Waals surface area contributed by atoms with Gasteiger partial charge < -0.3 is 9.47 Å². The second-order valence-electron chi connectivity index (χ2n) is 5.57. The molecule has 3 aromatic rings. The van der Waals surface area contributed by atoms with E-state index in [1.807, 2.05) is 60.7 Å². The van der Waals surface area contributed by atoms with Gasteiger partial charge in [-0.05, 0) is 39.2 Å². The third-order valence-corrected chi connectivity index (χ3v) is 4.32. The van der Waals surface area contributed by atoms with Gasteiger partial charge in [0.2, 0.25) is 0 Å². The number of hydrogen-bond acceptors (Lipinski definition) is 3. The molecule has 0 unspecified atom stereocenters. The summed E-state index contributed by atoms with van der Waals surface area (Å²) in [5.41, 5.74) is 1.78. The molecule has 0 bridgehead atoms. The molecule has 0 radical (unpaired) electrons. The molecule has 0 saturated carbocycles. The van der Waals surface area contributed by atoms with Gasteiger partial charge in [0.25, 0.3) is 0 Å². The number of esters is 1. The van der Waals surface area contributed by atoms with E-state index in [-0.39, 0.29) is 29.0 Å². The van der Waals surface area contributed by atoms with Crippen molar-refractivity contribution in [3.05, 3.63) is 99.8 Å². The zero-order valence-corrected chi connectivity index (χ0v) is 15.4. The second-order valence-corrected chi connectivity index (χ2v) is 6.43. The highest BCUT2D eigenvalue weighted by molar-refractivity contribution is 9.10. The van der Waals surface area contributed by atoms with E-state index in [0.717, 1.165) is 11.1 Å². The van der Waals surface area contributed by atoms with Gasteiger partial charge in [-0.3, -0.25) is 0 Å². The predicted molar refractivity (Wildman–Crippen MR) is 100 cm³/mol. The van der Waals surface area contributed by atoms with Crippen LogP contribution in [0.1, 0.15) is 21.5 Å². The molecule has 26 heavy (non-hydrogen) atoms. The highest BCUT2D eigenvalue weighted by atomic mass is 79.9. The number of hydrogen-bond donors (Lipinski definition) is 0. The maximum atomic E-state index is 14.5. The summed E-state index contributed by atoms with van der Waals surface area (Å²) in [6.07, 6.45) is 0. The monoisotopic (exact) mass is 414 g/mol. The molecule has 132 valence electrons. The van der Waals surface area contributed by atoms with Gasteiger partial charge >= 0.3 is 5.97 Å². The Bertz CT molecular complexity index is 883. The molecule has 0 spiro atoms. The van der Waals surface area contributed by atoms with Crippen LogP contribution in [0.3, 0.4) is 0 Å². The first-order chi connectivity index (χ1) is 12.6. The second kappa shape index (κ2) is 8.63. The summed E-state index contributed by atoms with van der Waals surface area (Å²) < 4.78 is 25.6. The number of halogens is 2. The highest BCUT2D eigenvalue weighted by Gasteiger charge is 2.20. The molecule has 0 aliphatic carbocycles. The first-order valence-electron chi connectivity index (χ1n) is 8.01. The van der Waals surface area contributed by atoms with E-state index in [0.29, 0.717) is 0 Å². The summed E-state index contributed by atoms with van der Waals surface area (Å²) in [5, 5.41) is 0. The van der Waals surface area contributed by atoms with Gasteiger partial charge in [-0.25, -0.2) is 9.18 Å². The van der Waals surface area contributed by atoms with Crippen molar-refractivity contribution in [1.29, 1.82) is 0 Å². The van der Waals surface area contributed by atoms with Crippen molar-refractivity contribution in [3.8, 4) is 5.75 Å². The van der Waals surface area contributed by atoms with Gasteiger partial charge in [-0.1, -0.05) is 60.7 Å². The Morgan fingerprint density at radius 3 is 2.04 bits per heavy atom. The first kappa shape index (κ1) is 18.1. The highest BCUT2D eigenvalue weighted by Crippen LogP contribution is 2.30. The molecule has 5 heteroatoms. The van der Waals surface area contributed by atoms with Crippen LogP contribution in [0.4, 0.5) is 4.39 Å². The SMILES string of the molecule is O=C(OCc1ccccc1)c1ccc(Br)c(F)c1OCc1ccccc1. The topological polar surface area (TPSA) is 35.5 Å². The third-order valence-electron chi connectivity index (χ3n) is 3.71. The smallest absolute Gasteiger partial charge is 0.342 e. The Labute approximate surface area is 159 Å². The van der Waals surface area contributed by atoms with Crippen molar-refractivity contribution in [2.24, 2.45) is 0 Å². The molecule has 0 aromatic heterocycles. The molecule has 0 fully saturated rings. The van der Waals surface area contributed by atoms with Crippen LogP contribution < -0.4 is 4.74 Å². The van der Waals surface area contributed by atoms with Crippen LogP contribution in [0.5, 0.6) is 5.75 Å². The van der Waals surface area contributed by atoms with E-state index < -0.39 is 11.8 Å². The van der Waals surface area contributed by atoms with E-state index in [1.165, 1.54) is 12.1 Å². The molecule has 0 amide bonds. The molecule has 3 nitrogen and oxygen atoms in total. The number of ether oxygens (including phenoxy) is 2. The molecule has 0 saturated heterocycles. The number of carbonyl (C=O) groups excluding carboxylic acids is 1. The minimum absolute atomic E-state index is 0.0533. The molecule has 3 aromatic carbocycles. The normalized spacial score (nSPS) is 10.4. The molecule has 0 aliphatic heterocycles. The fraction of sp³-hybridized carbons (Fsp3) is 0.0952. The maximum Gasteiger partial charge on any atom is 0.342 e. The van der Waals surface area contributed by atoms with Crippen LogP contribution in [0.25, 0.3) is 0 Å². The van der Waals surface area contributed by atoms with Crippen molar-refractivity contribution in [3.63, 3.8) is 0 Å². The summed E-state index contributed by atoms with van der Waals surface area (Å²) in [4.78, 5) is 12.4. The van der Waals surface area contributed by atoms with Gasteiger partial charge in [0, 0.05) is 0 Å². The van der Waals surface area contributed by atoms with Gasteiger partial charge in [0.1, 0.15) is 18.8 Å². The Balaban J connectivity index is 1.77. The molecular formula is C21H16BrFO3. The van der Waals surface area contributed by atoms with Crippen LogP contribution in [0.2, 0.25) is 0 Å². The van der Waals surface area contributed by atoms with E-state index in [2.05, 4.69) is 15.9 Å². The molecule has 3 rings (SSSR count). The molecule has 0 N–H and O–H groups in total. The van der Waals surface area contributed by atoms with E-state index in [4.69, 9.17) is 9.47 Å². The van der Waals surface area contributed by atoms with Gasteiger partial charge in [0.15, 0.2) is 11.6 Å². The number of benzene rings is 3. The summed E-state index contributed by atoms with van der Waals surface area (Å²) >= 11 is 3.12. The van der Waals surface area contributed by atoms with Crippen molar-refractivity contribution < 1.29 is 18.7 Å². The fourth-order valence-corrected chi connectivity index (χ4v) is 2.68. The van der Waals surface area contributed by atoms with Crippen molar-refractivity contribution in [2.75, 3.05) is 0 Å². The fourth-order valence-electron chi connectivity index (χ4n) is 2.36. The number of rotatable bonds is 6. The standard InChI is InChI=1S/C21H16BrFO3/c22-18-12-11-17(21(24)26-14-16-9-5-2-6-10-16)20(19(18)23)25-13-15-7-3-1-4-8-15/h1-12H,13-14H2. The summed E-state index contributed by atoms with van der Waals surface area (Å²) in [6, 6.07) is 21.6. The lowest BCUT2D eigenvalue weighted by atomic mass is 10.2. The van der Waals surface area contributed by atoms with Crippen LogP contribution >= 0.6 is 15.9 Å². The lowest BCUT2D eigenvalue weighted by Gasteiger charge is -2.13. The largest absolute Gasteiger partial charge is 0.485 e. The van der Waals surface area contributed by atoms with Crippen LogP contribution in [0, 0.1) is 5.82 Å². The summed E-state index contributed by atoms with van der Waals surface area (Å²) in [6.45, 7) is 0.253. The van der Waals surface area contributed by atoms with E-state index >= 15 is 0 Å². The Hall–Kier alpha value is -2.66. The van der Waals surface area contributed by atoms with Gasteiger partial charge in [-0.15, -0.1) is 0 Å². The Morgan fingerprint density at radius 1 is 0.846 bits per heavy atom. The lowest BCUT2D eigenvalue weighted by Crippen LogP contribution is -2.10. The van der Waals surface area contributed by atoms with Crippen molar-refractivity contribution >= 4 is 21.9 Å². The van der Waals surface area contributed by atoms with Crippen molar-refractivity contribution in [2.45, 2.75) is 13.2 Å². The van der Waals surface area contributed by atoms with Gasteiger partial charge in [0.05, 0.1) is 4.47 Å². The van der Waals surface area contributed by atoms with E-state index in [1.54, 1.807) is 0 Å². The quantitative estimate of drug-likeness (QED) is 0.497. The zero-order chi connectivity index (χ0) is 18.4. The van der Waals surface area contributed by atoms with Crippen molar-refractivity contribution in [1.82, 2.24) is 0 Å². The number of carbonyl (C=O) groups is 1. The molecular weight excluding hydrogens is 399 g/mol. The summed E-state index contributed by atoms with van der Waals surface area (Å²) in [7, 11) is 0. The Kier molecular flexibility index (Phi) is 6.02. The van der Waals surface area contributed by atoms with Crippen LogP contribution in [0.15, 0.2) is 77.3 Å². The summed E-state index contributed by atoms with van der Waals surface area (Å²) in [5.74, 6) is -1.39. The third kappa shape index (κ3) is 4.49. The predicted octanol–water partition coefficient (Wildman–Crippen LogP) is 5.52. The minimum Gasteiger partial charge on any atom is -0.485 e.